The molecule has 0 radical (unpaired) electrons. The quantitative estimate of drug-likeness (QED) is 0.931. The van der Waals surface area contributed by atoms with Crippen molar-refractivity contribution in [1.82, 2.24) is 14.6 Å². The number of ether oxygens (including phenoxy) is 1. The van der Waals surface area contributed by atoms with Crippen molar-refractivity contribution in [3.05, 3.63) is 24.5 Å². The summed E-state index contributed by atoms with van der Waals surface area (Å²) in [5, 5.41) is 7.72. The highest BCUT2D eigenvalue weighted by Crippen LogP contribution is 2.32. The summed E-state index contributed by atoms with van der Waals surface area (Å²) in [6, 6.07) is 4.33. The molecule has 1 aliphatic rings. The van der Waals surface area contributed by atoms with Crippen molar-refractivity contribution in [3.8, 4) is 0 Å². The van der Waals surface area contributed by atoms with Crippen LogP contribution in [-0.4, -0.2) is 32.8 Å². The van der Waals surface area contributed by atoms with Crippen LogP contribution < -0.4 is 5.32 Å². The summed E-state index contributed by atoms with van der Waals surface area (Å²) in [5.74, 6) is 0.922. The standard InChI is InChI=1S/C15H22N4O/c1-3-15(4-2)11-12(7-10-20-15)17-13-6-9-19-14(18-13)5-8-16-19/h5-6,8-9,12H,3-4,7,10-11H2,1-2H3,(H,17,18). The van der Waals surface area contributed by atoms with Gasteiger partial charge in [0.1, 0.15) is 5.82 Å². The number of fused-ring (bicyclic) bond motifs is 1. The van der Waals surface area contributed by atoms with Gasteiger partial charge in [0.15, 0.2) is 5.65 Å². The lowest BCUT2D eigenvalue weighted by molar-refractivity contribution is -0.0864. The summed E-state index contributed by atoms with van der Waals surface area (Å²) < 4.78 is 7.79. The van der Waals surface area contributed by atoms with Crippen LogP contribution in [0.1, 0.15) is 39.5 Å². The van der Waals surface area contributed by atoms with Crippen molar-refractivity contribution in [2.75, 3.05) is 11.9 Å². The lowest BCUT2D eigenvalue weighted by Crippen LogP contribution is -2.43. The molecule has 0 aromatic carbocycles. The molecule has 1 N–H and O–H groups in total. The molecular weight excluding hydrogens is 252 g/mol. The molecule has 2 aromatic heterocycles. The average Bonchev–Trinajstić information content (AvgIpc) is 2.95. The molecule has 0 aliphatic carbocycles. The third kappa shape index (κ3) is 2.50. The van der Waals surface area contributed by atoms with Crippen LogP contribution in [0, 0.1) is 0 Å². The van der Waals surface area contributed by atoms with Crippen LogP contribution in [0.15, 0.2) is 24.5 Å². The van der Waals surface area contributed by atoms with Crippen LogP contribution in [0.4, 0.5) is 5.82 Å². The minimum Gasteiger partial charge on any atom is -0.375 e. The van der Waals surface area contributed by atoms with Gasteiger partial charge in [-0.15, -0.1) is 0 Å². The van der Waals surface area contributed by atoms with E-state index in [1.807, 2.05) is 18.3 Å². The molecule has 5 heteroatoms. The number of nitrogens with one attached hydrogen (secondary N) is 1. The molecule has 20 heavy (non-hydrogen) atoms. The van der Waals surface area contributed by atoms with Gasteiger partial charge in [0.05, 0.1) is 11.8 Å². The molecule has 2 aromatic rings. The smallest absolute Gasteiger partial charge is 0.157 e. The number of anilines is 1. The summed E-state index contributed by atoms with van der Waals surface area (Å²) in [6.07, 6.45) is 7.92. The summed E-state index contributed by atoms with van der Waals surface area (Å²) in [7, 11) is 0. The molecule has 1 saturated heterocycles. The van der Waals surface area contributed by atoms with Gasteiger partial charge < -0.3 is 10.1 Å². The van der Waals surface area contributed by atoms with Crippen molar-refractivity contribution in [2.45, 2.75) is 51.2 Å². The van der Waals surface area contributed by atoms with E-state index in [9.17, 15) is 0 Å². The Bertz CT molecular complexity index is 576. The molecule has 3 heterocycles. The fraction of sp³-hybridized carbons (Fsp3) is 0.600. The van der Waals surface area contributed by atoms with Gasteiger partial charge in [-0.3, -0.25) is 0 Å². The molecule has 1 aliphatic heterocycles. The molecule has 1 atom stereocenters. The molecule has 0 bridgehead atoms. The van der Waals surface area contributed by atoms with Gasteiger partial charge in [0.2, 0.25) is 0 Å². The van der Waals surface area contributed by atoms with Crippen molar-refractivity contribution in [3.63, 3.8) is 0 Å². The van der Waals surface area contributed by atoms with Gasteiger partial charge in [-0.1, -0.05) is 13.8 Å². The number of nitrogens with zero attached hydrogens (tertiary/aromatic N) is 3. The Morgan fingerprint density at radius 1 is 1.40 bits per heavy atom. The maximum absolute atomic E-state index is 6.02. The largest absolute Gasteiger partial charge is 0.375 e. The van der Waals surface area contributed by atoms with Crippen LogP contribution in [-0.2, 0) is 4.74 Å². The Morgan fingerprint density at radius 3 is 3.05 bits per heavy atom. The van der Waals surface area contributed by atoms with Gasteiger partial charge >= 0.3 is 0 Å². The van der Waals surface area contributed by atoms with Crippen LogP contribution in [0.25, 0.3) is 5.65 Å². The second kappa shape index (κ2) is 5.40. The fourth-order valence-electron chi connectivity index (χ4n) is 3.00. The van der Waals surface area contributed by atoms with E-state index in [4.69, 9.17) is 4.74 Å². The maximum atomic E-state index is 6.02. The molecular formula is C15H22N4O. The number of hydrogen-bond donors (Lipinski definition) is 1. The van der Waals surface area contributed by atoms with Crippen LogP contribution in [0.2, 0.25) is 0 Å². The first kappa shape index (κ1) is 13.4. The van der Waals surface area contributed by atoms with Gasteiger partial charge in [0, 0.05) is 24.9 Å². The predicted molar refractivity (Wildman–Crippen MR) is 78.9 cm³/mol. The predicted octanol–water partition coefficient (Wildman–Crippen LogP) is 2.88. The van der Waals surface area contributed by atoms with Crippen LogP contribution >= 0.6 is 0 Å². The van der Waals surface area contributed by atoms with E-state index < -0.39 is 0 Å². The first-order valence-corrected chi connectivity index (χ1v) is 7.45. The summed E-state index contributed by atoms with van der Waals surface area (Å²) in [5.41, 5.74) is 0.913. The Hall–Kier alpha value is -1.62. The molecule has 1 unspecified atom stereocenters. The van der Waals surface area contributed by atoms with E-state index in [1.165, 1.54) is 0 Å². The van der Waals surface area contributed by atoms with Crippen molar-refractivity contribution in [1.29, 1.82) is 0 Å². The second-order valence-electron chi connectivity index (χ2n) is 5.52. The van der Waals surface area contributed by atoms with E-state index in [0.29, 0.717) is 6.04 Å². The lowest BCUT2D eigenvalue weighted by atomic mass is 9.86. The minimum atomic E-state index is 0.0383. The molecule has 0 saturated carbocycles. The lowest BCUT2D eigenvalue weighted by Gasteiger charge is -2.40. The van der Waals surface area contributed by atoms with E-state index in [0.717, 1.165) is 43.8 Å². The van der Waals surface area contributed by atoms with Crippen LogP contribution in [0.5, 0.6) is 0 Å². The van der Waals surface area contributed by atoms with E-state index in [1.54, 1.807) is 10.7 Å². The molecule has 108 valence electrons. The highest BCUT2D eigenvalue weighted by atomic mass is 16.5. The molecule has 0 amide bonds. The normalized spacial score (nSPS) is 22.0. The van der Waals surface area contributed by atoms with Gasteiger partial charge in [-0.25, -0.2) is 9.50 Å². The number of aromatic nitrogens is 3. The maximum Gasteiger partial charge on any atom is 0.157 e. The molecule has 1 fully saturated rings. The monoisotopic (exact) mass is 274 g/mol. The third-order valence-electron chi connectivity index (χ3n) is 4.39. The van der Waals surface area contributed by atoms with Gasteiger partial charge in [-0.05, 0) is 31.7 Å². The fourth-order valence-corrected chi connectivity index (χ4v) is 3.00. The Balaban J connectivity index is 1.73. The van der Waals surface area contributed by atoms with E-state index in [-0.39, 0.29) is 5.60 Å². The average molecular weight is 274 g/mol. The Labute approximate surface area is 119 Å². The zero-order valence-electron chi connectivity index (χ0n) is 12.2. The van der Waals surface area contributed by atoms with E-state index >= 15 is 0 Å². The molecule has 0 spiro atoms. The molecule has 5 nitrogen and oxygen atoms in total. The minimum absolute atomic E-state index is 0.0383. The first-order chi connectivity index (χ1) is 9.74. The zero-order valence-corrected chi connectivity index (χ0v) is 12.2. The SMILES string of the molecule is CCC1(CC)CC(Nc2ccn3nccc3n2)CCO1. The summed E-state index contributed by atoms with van der Waals surface area (Å²) in [6.45, 7) is 5.25. The van der Waals surface area contributed by atoms with Gasteiger partial charge in [0.25, 0.3) is 0 Å². The Kier molecular flexibility index (Phi) is 3.61. The highest BCUT2D eigenvalue weighted by molar-refractivity contribution is 5.45. The summed E-state index contributed by atoms with van der Waals surface area (Å²) in [4.78, 5) is 4.58. The second-order valence-corrected chi connectivity index (χ2v) is 5.52. The van der Waals surface area contributed by atoms with E-state index in [2.05, 4.69) is 29.2 Å². The van der Waals surface area contributed by atoms with Gasteiger partial charge in [-0.2, -0.15) is 5.10 Å². The third-order valence-corrected chi connectivity index (χ3v) is 4.39. The van der Waals surface area contributed by atoms with Crippen LogP contribution in [0.3, 0.4) is 0 Å². The first-order valence-electron chi connectivity index (χ1n) is 7.45. The summed E-state index contributed by atoms with van der Waals surface area (Å²) >= 11 is 0. The number of rotatable bonds is 4. The molecule has 3 rings (SSSR count). The zero-order chi connectivity index (χ0) is 14.0. The topological polar surface area (TPSA) is 51.5 Å². The van der Waals surface area contributed by atoms with Crippen molar-refractivity contribution in [2.24, 2.45) is 0 Å². The highest BCUT2D eigenvalue weighted by Gasteiger charge is 2.34. The van der Waals surface area contributed by atoms with Crippen molar-refractivity contribution < 1.29 is 4.74 Å². The van der Waals surface area contributed by atoms with Crippen molar-refractivity contribution >= 4 is 11.5 Å². The Morgan fingerprint density at radius 2 is 2.25 bits per heavy atom. The number of hydrogen-bond acceptors (Lipinski definition) is 4.